The number of phenols is 1. The highest BCUT2D eigenvalue weighted by atomic mass is 35.5. The highest BCUT2D eigenvalue weighted by Crippen LogP contribution is 2.32. The molecule has 25 heavy (non-hydrogen) atoms. The molecule has 2 aromatic carbocycles. The summed E-state index contributed by atoms with van der Waals surface area (Å²) in [6.45, 7) is 0.0635. The number of aromatic hydroxyl groups is 1. The average molecular weight is 395 g/mol. The van der Waals surface area contributed by atoms with Gasteiger partial charge in [0.15, 0.2) is 11.6 Å². The summed E-state index contributed by atoms with van der Waals surface area (Å²) in [4.78, 5) is 0. The Morgan fingerprint density at radius 2 is 1.96 bits per heavy atom. The second kappa shape index (κ2) is 7.69. The third kappa shape index (κ3) is 4.19. The first kappa shape index (κ1) is 17.5. The fraction of sp³-hybridized carbons (Fsp3) is 0.0625. The van der Waals surface area contributed by atoms with Crippen molar-refractivity contribution in [2.24, 2.45) is 5.10 Å². The molecule has 1 heterocycles. The average Bonchev–Trinajstić information content (AvgIpc) is 2.93. The molecule has 3 rings (SSSR count). The number of para-hydroxylation sites is 1. The van der Waals surface area contributed by atoms with E-state index in [9.17, 15) is 5.11 Å². The van der Waals surface area contributed by atoms with Gasteiger partial charge in [-0.1, -0.05) is 41.4 Å². The standard InChI is InChI=1S/C16H12Cl2N4O2S/c17-12-5-2-6-13(18)15(12)24-9-14-20-21-16(25)22(14)19-8-10-3-1-4-11(23)7-10/h1-8,23H,9H2,(H,21,25)/b19-8-. The quantitative estimate of drug-likeness (QED) is 0.496. The second-order valence-corrected chi connectivity index (χ2v) is 6.14. The number of H-pyrrole nitrogens is 1. The molecule has 0 aliphatic rings. The Kier molecular flexibility index (Phi) is 5.37. The first-order valence-corrected chi connectivity index (χ1v) is 8.27. The summed E-state index contributed by atoms with van der Waals surface area (Å²) in [6, 6.07) is 11.8. The molecule has 0 atom stereocenters. The van der Waals surface area contributed by atoms with Crippen molar-refractivity contribution in [1.29, 1.82) is 0 Å². The minimum absolute atomic E-state index is 0.0635. The Bertz CT molecular complexity index is 964. The normalized spacial score (nSPS) is 11.1. The summed E-state index contributed by atoms with van der Waals surface area (Å²) in [5, 5.41) is 21.3. The zero-order chi connectivity index (χ0) is 17.8. The molecule has 0 radical (unpaired) electrons. The number of rotatable bonds is 5. The van der Waals surface area contributed by atoms with E-state index in [1.807, 2.05) is 0 Å². The summed E-state index contributed by atoms with van der Waals surface area (Å²) in [6.07, 6.45) is 1.55. The number of nitrogens with zero attached hydrogens (tertiary/aromatic N) is 3. The molecule has 0 saturated carbocycles. The molecule has 0 saturated heterocycles. The number of benzene rings is 2. The molecule has 0 spiro atoms. The Morgan fingerprint density at radius 1 is 1.24 bits per heavy atom. The molecule has 0 aliphatic heterocycles. The van der Waals surface area contributed by atoms with Crippen LogP contribution in [0.2, 0.25) is 10.0 Å². The molecule has 0 aliphatic carbocycles. The summed E-state index contributed by atoms with van der Waals surface area (Å²) in [5.74, 6) is 0.956. The van der Waals surface area contributed by atoms with E-state index in [1.54, 1.807) is 48.7 Å². The van der Waals surface area contributed by atoms with Crippen molar-refractivity contribution in [2.75, 3.05) is 0 Å². The smallest absolute Gasteiger partial charge is 0.216 e. The van der Waals surface area contributed by atoms with Gasteiger partial charge in [-0.05, 0) is 42.0 Å². The van der Waals surface area contributed by atoms with Gasteiger partial charge in [0.2, 0.25) is 4.77 Å². The Morgan fingerprint density at radius 3 is 2.68 bits per heavy atom. The molecule has 3 aromatic rings. The largest absolute Gasteiger partial charge is 0.508 e. The van der Waals surface area contributed by atoms with Gasteiger partial charge in [-0.2, -0.15) is 14.9 Å². The molecule has 9 heteroatoms. The number of phenolic OH excluding ortho intramolecular Hbond substituents is 1. The minimum Gasteiger partial charge on any atom is -0.508 e. The van der Waals surface area contributed by atoms with Gasteiger partial charge < -0.3 is 9.84 Å². The van der Waals surface area contributed by atoms with Crippen molar-refractivity contribution >= 4 is 41.6 Å². The van der Waals surface area contributed by atoms with Gasteiger partial charge in [-0.3, -0.25) is 0 Å². The van der Waals surface area contributed by atoms with Gasteiger partial charge in [-0.15, -0.1) is 0 Å². The summed E-state index contributed by atoms with van der Waals surface area (Å²) >= 11 is 17.3. The van der Waals surface area contributed by atoms with Crippen molar-refractivity contribution in [3.05, 3.63) is 68.7 Å². The van der Waals surface area contributed by atoms with Gasteiger partial charge >= 0.3 is 0 Å². The monoisotopic (exact) mass is 394 g/mol. The van der Waals surface area contributed by atoms with E-state index >= 15 is 0 Å². The van der Waals surface area contributed by atoms with Crippen LogP contribution in [0.4, 0.5) is 0 Å². The highest BCUT2D eigenvalue weighted by Gasteiger charge is 2.10. The van der Waals surface area contributed by atoms with Gasteiger partial charge in [0.1, 0.15) is 12.4 Å². The van der Waals surface area contributed by atoms with Crippen LogP contribution in [0.1, 0.15) is 11.4 Å². The fourth-order valence-electron chi connectivity index (χ4n) is 2.02. The van der Waals surface area contributed by atoms with E-state index in [0.29, 0.717) is 32.0 Å². The molecule has 128 valence electrons. The molecular formula is C16H12Cl2N4O2S. The predicted molar refractivity (Wildman–Crippen MR) is 99.3 cm³/mol. The van der Waals surface area contributed by atoms with E-state index in [-0.39, 0.29) is 12.4 Å². The number of aromatic amines is 1. The van der Waals surface area contributed by atoms with Gasteiger partial charge in [-0.25, -0.2) is 5.10 Å². The fourth-order valence-corrected chi connectivity index (χ4v) is 2.73. The first-order chi connectivity index (χ1) is 12.0. The molecule has 0 unspecified atom stereocenters. The number of hydrogen-bond acceptors (Lipinski definition) is 5. The molecular weight excluding hydrogens is 383 g/mol. The van der Waals surface area contributed by atoms with Crippen molar-refractivity contribution in [3.8, 4) is 11.5 Å². The number of hydrogen-bond donors (Lipinski definition) is 2. The van der Waals surface area contributed by atoms with Crippen molar-refractivity contribution in [2.45, 2.75) is 6.61 Å². The number of aromatic nitrogens is 3. The number of ether oxygens (including phenoxy) is 1. The van der Waals surface area contributed by atoms with Crippen molar-refractivity contribution in [1.82, 2.24) is 14.9 Å². The van der Waals surface area contributed by atoms with Crippen LogP contribution < -0.4 is 4.74 Å². The van der Waals surface area contributed by atoms with Crippen LogP contribution in [-0.2, 0) is 6.61 Å². The lowest BCUT2D eigenvalue weighted by Gasteiger charge is -2.08. The Labute approximate surface area is 158 Å². The third-order valence-electron chi connectivity index (χ3n) is 3.17. The van der Waals surface area contributed by atoms with E-state index in [1.165, 1.54) is 4.68 Å². The van der Waals surface area contributed by atoms with E-state index in [0.717, 1.165) is 0 Å². The highest BCUT2D eigenvalue weighted by molar-refractivity contribution is 7.71. The lowest BCUT2D eigenvalue weighted by molar-refractivity contribution is 0.291. The number of halogens is 2. The summed E-state index contributed by atoms with van der Waals surface area (Å²) < 4.78 is 7.38. The maximum absolute atomic E-state index is 9.49. The van der Waals surface area contributed by atoms with Gasteiger partial charge in [0.05, 0.1) is 16.3 Å². The Hall–Kier alpha value is -2.35. The summed E-state index contributed by atoms with van der Waals surface area (Å²) in [5.41, 5.74) is 0.712. The van der Waals surface area contributed by atoms with E-state index in [4.69, 9.17) is 40.2 Å². The van der Waals surface area contributed by atoms with Crippen molar-refractivity contribution in [3.63, 3.8) is 0 Å². The van der Waals surface area contributed by atoms with Crippen LogP contribution in [-0.4, -0.2) is 26.2 Å². The molecule has 0 amide bonds. The predicted octanol–water partition coefficient (Wildman–Crippen LogP) is 4.41. The first-order valence-electron chi connectivity index (χ1n) is 7.11. The SMILES string of the molecule is Oc1cccc(/C=N\n2c(COc3c(Cl)cccc3Cl)n[nH]c2=S)c1. The zero-order valence-corrected chi connectivity index (χ0v) is 15.0. The van der Waals surface area contributed by atoms with Crippen molar-refractivity contribution < 1.29 is 9.84 Å². The lowest BCUT2D eigenvalue weighted by atomic mass is 10.2. The molecule has 2 N–H and O–H groups in total. The summed E-state index contributed by atoms with van der Waals surface area (Å²) in [7, 11) is 0. The molecule has 1 aromatic heterocycles. The minimum atomic E-state index is 0.0635. The molecule has 6 nitrogen and oxygen atoms in total. The second-order valence-electron chi connectivity index (χ2n) is 4.94. The zero-order valence-electron chi connectivity index (χ0n) is 12.7. The van der Waals surface area contributed by atoms with Gasteiger partial charge in [0.25, 0.3) is 0 Å². The maximum Gasteiger partial charge on any atom is 0.216 e. The molecule has 0 fully saturated rings. The van der Waals surface area contributed by atoms with Crippen LogP contribution >= 0.6 is 35.4 Å². The third-order valence-corrected chi connectivity index (χ3v) is 4.03. The van der Waals surface area contributed by atoms with Crippen LogP contribution in [0, 0.1) is 4.77 Å². The van der Waals surface area contributed by atoms with Crippen LogP contribution in [0.15, 0.2) is 47.6 Å². The van der Waals surface area contributed by atoms with E-state index in [2.05, 4.69) is 15.3 Å². The molecule has 0 bridgehead atoms. The maximum atomic E-state index is 9.49. The van der Waals surface area contributed by atoms with Crippen LogP contribution in [0.3, 0.4) is 0 Å². The lowest BCUT2D eigenvalue weighted by Crippen LogP contribution is -2.04. The topological polar surface area (TPSA) is 75.4 Å². The van der Waals surface area contributed by atoms with Gasteiger partial charge in [0, 0.05) is 0 Å². The van der Waals surface area contributed by atoms with E-state index < -0.39 is 0 Å². The Balaban J connectivity index is 1.81. The number of nitrogens with one attached hydrogen (secondary N) is 1. The van der Waals surface area contributed by atoms with Crippen LogP contribution in [0.5, 0.6) is 11.5 Å². The van der Waals surface area contributed by atoms with Crippen LogP contribution in [0.25, 0.3) is 0 Å².